The maximum absolute atomic E-state index is 4.26. The molecule has 0 saturated carbocycles. The Morgan fingerprint density at radius 3 is 1.81 bits per heavy atom. The summed E-state index contributed by atoms with van der Waals surface area (Å²) < 4.78 is 0. The molecule has 2 aromatic rings. The van der Waals surface area contributed by atoms with Gasteiger partial charge in [0.15, 0.2) is 0 Å². The molecule has 0 aliphatic heterocycles. The van der Waals surface area contributed by atoms with Crippen LogP contribution in [0.5, 0.6) is 0 Å². The molecule has 0 spiro atoms. The van der Waals surface area contributed by atoms with Crippen molar-refractivity contribution >= 4 is 24.7 Å². The quantitative estimate of drug-likeness (QED) is 0.395. The van der Waals surface area contributed by atoms with Gasteiger partial charge < -0.3 is 0 Å². The van der Waals surface area contributed by atoms with E-state index in [2.05, 4.69) is 40.1 Å². The van der Waals surface area contributed by atoms with E-state index >= 15 is 0 Å². The Labute approximate surface area is 112 Å². The molecule has 0 N–H and O–H groups in total. The first kappa shape index (κ1) is 15.7. The SMILES string of the molecule is Cc1[c-]cccc1.Pc1ccccc1.[Cl][Ni]. The van der Waals surface area contributed by atoms with E-state index in [4.69, 9.17) is 0 Å². The van der Waals surface area contributed by atoms with Gasteiger partial charge in [-0.25, -0.2) is 0 Å². The van der Waals surface area contributed by atoms with E-state index in [0.717, 1.165) is 0 Å². The Balaban J connectivity index is 0.000000244. The minimum atomic E-state index is 1.20. The van der Waals surface area contributed by atoms with Crippen LogP contribution in [-0.2, 0) is 14.6 Å². The van der Waals surface area contributed by atoms with Crippen molar-refractivity contribution in [3.63, 3.8) is 0 Å². The summed E-state index contributed by atoms with van der Waals surface area (Å²) in [4.78, 5) is 0. The van der Waals surface area contributed by atoms with E-state index in [1.54, 1.807) is 0 Å². The Hall–Kier alpha value is -0.346. The molecule has 1 atom stereocenters. The van der Waals surface area contributed by atoms with Gasteiger partial charge in [0.2, 0.25) is 0 Å². The zero-order valence-electron chi connectivity index (χ0n) is 8.97. The van der Waals surface area contributed by atoms with Crippen molar-refractivity contribution in [3.05, 3.63) is 66.2 Å². The zero-order chi connectivity index (χ0) is 12.2. The normalized spacial score (nSPS) is 8.06. The summed E-state index contributed by atoms with van der Waals surface area (Å²) >= 11 is 3.35. The summed E-state index contributed by atoms with van der Waals surface area (Å²) in [5.41, 5.74) is 1.20. The van der Waals surface area contributed by atoms with Crippen LogP contribution in [0.2, 0.25) is 0 Å². The average molecular weight is 295 g/mol. The van der Waals surface area contributed by atoms with Crippen molar-refractivity contribution in [1.29, 1.82) is 0 Å². The second-order valence-corrected chi connectivity index (χ2v) is 3.62. The van der Waals surface area contributed by atoms with Crippen LogP contribution < -0.4 is 5.30 Å². The fourth-order valence-electron chi connectivity index (χ4n) is 0.936. The maximum atomic E-state index is 4.26. The number of halogens is 1. The van der Waals surface area contributed by atoms with Gasteiger partial charge in [0.25, 0.3) is 0 Å². The summed E-state index contributed by atoms with van der Waals surface area (Å²) in [6.07, 6.45) is 0. The van der Waals surface area contributed by atoms with Crippen molar-refractivity contribution < 1.29 is 14.6 Å². The third-order valence-corrected chi connectivity index (χ3v) is 2.05. The van der Waals surface area contributed by atoms with Crippen molar-refractivity contribution in [1.82, 2.24) is 0 Å². The first-order valence-electron chi connectivity index (χ1n) is 4.65. The molecule has 0 nitrogen and oxygen atoms in total. The third kappa shape index (κ3) is 8.92. The molecule has 2 aromatic carbocycles. The molecule has 89 valence electrons. The van der Waals surface area contributed by atoms with Crippen LogP contribution in [0.25, 0.3) is 0 Å². The van der Waals surface area contributed by atoms with E-state index in [0.29, 0.717) is 0 Å². The van der Waals surface area contributed by atoms with Crippen molar-refractivity contribution in [2.45, 2.75) is 6.92 Å². The van der Waals surface area contributed by atoms with Gasteiger partial charge in [-0.3, -0.25) is 0 Å². The summed E-state index contributed by atoms with van der Waals surface area (Å²) in [6.45, 7) is 2.03. The minimum absolute atomic E-state index is 1.20. The Kier molecular flexibility index (Phi) is 10.9. The molecule has 0 saturated heterocycles. The van der Waals surface area contributed by atoms with Gasteiger partial charge in [0.1, 0.15) is 0 Å². The number of aryl methyl sites for hydroxylation is 1. The molecule has 3 heteroatoms. The molecule has 16 heavy (non-hydrogen) atoms. The second kappa shape index (κ2) is 11.1. The molecule has 0 fully saturated rings. The number of hydrogen-bond donors (Lipinski definition) is 0. The van der Waals surface area contributed by atoms with Crippen LogP contribution in [0.4, 0.5) is 0 Å². The van der Waals surface area contributed by atoms with Gasteiger partial charge in [-0.1, -0.05) is 37.3 Å². The molecule has 0 bridgehead atoms. The van der Waals surface area contributed by atoms with Crippen LogP contribution >= 0.6 is 19.4 Å². The number of hydrogen-bond acceptors (Lipinski definition) is 0. The molecule has 0 heterocycles. The van der Waals surface area contributed by atoms with Crippen LogP contribution in [-0.4, -0.2) is 0 Å². The third-order valence-electron chi connectivity index (χ3n) is 1.66. The van der Waals surface area contributed by atoms with E-state index < -0.39 is 0 Å². The average Bonchev–Trinajstić information content (AvgIpc) is 2.34. The summed E-state index contributed by atoms with van der Waals surface area (Å²) in [5.74, 6) is 0. The Morgan fingerprint density at radius 2 is 1.56 bits per heavy atom. The molecule has 0 aliphatic rings. The van der Waals surface area contributed by atoms with E-state index in [-0.39, 0.29) is 0 Å². The molecule has 0 radical (unpaired) electrons. The number of benzene rings is 2. The van der Waals surface area contributed by atoms with Crippen LogP contribution in [0.1, 0.15) is 5.56 Å². The van der Waals surface area contributed by atoms with Crippen LogP contribution in [0, 0.1) is 13.0 Å². The van der Waals surface area contributed by atoms with Gasteiger partial charge >= 0.3 is 24.8 Å². The van der Waals surface area contributed by atoms with Crippen LogP contribution in [0.3, 0.4) is 0 Å². The standard InChI is InChI=1S/C7H7.C6H7P.ClH.Ni/c1-7-5-3-2-4-6-7;7-6-4-2-1-3-5-6;;/h2-5H,1H3;1-5H,7H2;1H;/q-1;;;+1/p-1. The zero-order valence-corrected chi connectivity index (χ0v) is 11.9. The van der Waals surface area contributed by atoms with Crippen molar-refractivity contribution in [2.24, 2.45) is 0 Å². The summed E-state index contributed by atoms with van der Waals surface area (Å²) in [6, 6.07) is 21.1. The summed E-state index contributed by atoms with van der Waals surface area (Å²) in [5, 5.41) is 1.24. The van der Waals surface area contributed by atoms with Gasteiger partial charge in [-0.15, -0.1) is 9.24 Å². The fraction of sp³-hybridized carbons (Fsp3) is 0.0769. The van der Waals surface area contributed by atoms with Crippen molar-refractivity contribution in [2.75, 3.05) is 0 Å². The Morgan fingerprint density at radius 1 is 1.00 bits per heavy atom. The predicted octanol–water partition coefficient (Wildman–Crippen LogP) is 3.67. The monoisotopic (exact) mass is 294 g/mol. The summed E-state index contributed by atoms with van der Waals surface area (Å²) in [7, 11) is 6.89. The molecule has 0 aromatic heterocycles. The van der Waals surface area contributed by atoms with Gasteiger partial charge in [-0.05, 0) is 5.30 Å². The van der Waals surface area contributed by atoms with Gasteiger partial charge in [0, 0.05) is 0 Å². The molecule has 1 unspecified atom stereocenters. The van der Waals surface area contributed by atoms with E-state index in [1.807, 2.05) is 61.5 Å². The van der Waals surface area contributed by atoms with E-state index in [9.17, 15) is 0 Å². The van der Waals surface area contributed by atoms with Gasteiger partial charge in [-0.2, -0.15) is 35.9 Å². The topological polar surface area (TPSA) is 0 Å². The second-order valence-electron chi connectivity index (χ2n) is 2.96. The van der Waals surface area contributed by atoms with Crippen LogP contribution in [0.15, 0.2) is 54.6 Å². The fourth-order valence-corrected chi connectivity index (χ4v) is 1.16. The molecule has 0 aliphatic carbocycles. The molecular weight excluding hydrogens is 281 g/mol. The predicted molar refractivity (Wildman–Crippen MR) is 71.7 cm³/mol. The van der Waals surface area contributed by atoms with Crippen molar-refractivity contribution in [3.8, 4) is 0 Å². The molecular formula is C13H14ClNiP-. The Bertz CT molecular complexity index is 313. The first-order valence-corrected chi connectivity index (χ1v) is 6.58. The molecule has 2 rings (SSSR count). The first-order chi connectivity index (χ1) is 7.79. The van der Waals surface area contributed by atoms with Gasteiger partial charge in [0.05, 0.1) is 0 Å². The van der Waals surface area contributed by atoms with E-state index in [1.165, 1.54) is 10.9 Å². The molecule has 0 amide bonds. The number of rotatable bonds is 0.